The second kappa shape index (κ2) is 17.8. The first kappa shape index (κ1) is 30.3. The van der Waals surface area contributed by atoms with Crippen LogP contribution in [0.4, 0.5) is 0 Å². The highest BCUT2D eigenvalue weighted by Crippen LogP contribution is 2.06. The highest BCUT2D eigenvalue weighted by atomic mass is 32.2. The monoisotopic (exact) mass is 486 g/mol. The summed E-state index contributed by atoms with van der Waals surface area (Å²) in [5.74, 6) is 0.245. The highest BCUT2D eigenvalue weighted by Gasteiger charge is 2.23. The Morgan fingerprint density at radius 2 is 1.34 bits per heavy atom. The highest BCUT2D eigenvalue weighted by molar-refractivity contribution is 7.99. The van der Waals surface area contributed by atoms with Gasteiger partial charge in [0.05, 0.1) is 11.6 Å². The zero-order chi connectivity index (χ0) is 24.5. The molecule has 3 unspecified atom stereocenters. The third kappa shape index (κ3) is 15.2. The van der Waals surface area contributed by atoms with Gasteiger partial charge in [-0.15, -0.1) is 11.8 Å². The van der Waals surface area contributed by atoms with Gasteiger partial charge in [0.2, 0.25) is 23.6 Å². The van der Waals surface area contributed by atoms with Gasteiger partial charge in [0.15, 0.2) is 7.85 Å². The quantitative estimate of drug-likeness (QED) is 0.0868. The largest absolute Gasteiger partial charge is 0.345 e. The summed E-state index contributed by atoms with van der Waals surface area (Å²) < 4.78 is 0. The molecule has 180 valence electrons. The third-order valence-corrected chi connectivity index (χ3v) is 5.64. The Hall–Kier alpha value is -1.69. The first-order valence-corrected chi connectivity index (χ1v) is 12.5. The number of unbranched alkanes of at least 4 members (excludes halogenated alkanes) is 2. The van der Waals surface area contributed by atoms with E-state index in [2.05, 4.69) is 33.9 Å². The first-order valence-electron chi connectivity index (χ1n) is 10.7. The molecule has 2 radical (unpaired) electrons. The number of hydrogen-bond donors (Lipinski definition) is 5. The minimum absolute atomic E-state index is 0.257. The van der Waals surface area contributed by atoms with Crippen LogP contribution in [0.2, 0.25) is 0 Å². The molecular weight excluding hydrogens is 451 g/mol. The predicted molar refractivity (Wildman–Crippen MR) is 131 cm³/mol. The Morgan fingerprint density at radius 1 is 0.781 bits per heavy atom. The molecule has 32 heavy (non-hydrogen) atoms. The van der Waals surface area contributed by atoms with Crippen molar-refractivity contribution in [2.45, 2.75) is 77.4 Å². The van der Waals surface area contributed by atoms with Gasteiger partial charge in [-0.3, -0.25) is 19.2 Å². The van der Waals surface area contributed by atoms with Gasteiger partial charge < -0.3 is 26.1 Å². The Balaban J connectivity index is 4.12. The number of thiol groups is 1. The van der Waals surface area contributed by atoms with E-state index in [1.807, 2.05) is 0 Å². The van der Waals surface area contributed by atoms with E-state index in [0.717, 1.165) is 25.0 Å². The number of carbonyl (C=O) groups excluding carboxylic acids is 5. The van der Waals surface area contributed by atoms with Crippen LogP contribution in [0.5, 0.6) is 0 Å². The van der Waals surface area contributed by atoms with Crippen LogP contribution in [-0.4, -0.2) is 72.7 Å². The molecule has 0 saturated carbocycles. The van der Waals surface area contributed by atoms with Gasteiger partial charge in [-0.1, -0.05) is 6.42 Å². The van der Waals surface area contributed by atoms with Gasteiger partial charge in [-0.05, 0) is 58.0 Å². The van der Waals surface area contributed by atoms with Crippen LogP contribution in [0.3, 0.4) is 0 Å². The van der Waals surface area contributed by atoms with Crippen LogP contribution in [-0.2, 0) is 24.0 Å². The van der Waals surface area contributed by atoms with Crippen LogP contribution >= 0.6 is 24.4 Å². The lowest BCUT2D eigenvalue weighted by molar-refractivity contribution is -0.133. The minimum atomic E-state index is -0.871. The molecule has 0 bridgehead atoms. The maximum Gasteiger partial charge on any atom is 0.242 e. The van der Waals surface area contributed by atoms with Gasteiger partial charge in [-0.2, -0.15) is 12.6 Å². The molecule has 9 nitrogen and oxygen atoms in total. The van der Waals surface area contributed by atoms with Crippen molar-refractivity contribution in [3.63, 3.8) is 0 Å². The molecule has 0 saturated heterocycles. The summed E-state index contributed by atoms with van der Waals surface area (Å²) in [6.07, 6.45) is 3.86. The van der Waals surface area contributed by atoms with E-state index in [0.29, 0.717) is 24.5 Å². The van der Waals surface area contributed by atoms with Crippen molar-refractivity contribution in [3.8, 4) is 0 Å². The second-order valence-corrected chi connectivity index (χ2v) is 9.00. The molecule has 0 aromatic carbocycles. The van der Waals surface area contributed by atoms with E-state index in [-0.39, 0.29) is 23.9 Å². The van der Waals surface area contributed by atoms with Crippen molar-refractivity contribution >= 4 is 61.5 Å². The molecule has 4 amide bonds. The molecule has 0 aromatic heterocycles. The van der Waals surface area contributed by atoms with Gasteiger partial charge in [-0.25, -0.2) is 0 Å². The molecule has 0 aliphatic rings. The summed E-state index contributed by atoms with van der Waals surface area (Å²) in [5, 5.41) is 10.4. The fourth-order valence-corrected chi connectivity index (χ4v) is 3.41. The van der Waals surface area contributed by atoms with Crippen molar-refractivity contribution in [1.29, 1.82) is 0 Å². The fourth-order valence-electron chi connectivity index (χ4n) is 2.45. The van der Waals surface area contributed by atoms with E-state index >= 15 is 0 Å². The van der Waals surface area contributed by atoms with Crippen LogP contribution in [0, 0.1) is 0 Å². The summed E-state index contributed by atoms with van der Waals surface area (Å²) in [6.45, 7) is 4.59. The zero-order valence-electron chi connectivity index (χ0n) is 19.1. The smallest absolute Gasteiger partial charge is 0.242 e. The second-order valence-electron chi connectivity index (χ2n) is 7.45. The summed E-state index contributed by atoms with van der Waals surface area (Å²) in [7, 11) is 5.08. The van der Waals surface area contributed by atoms with Crippen molar-refractivity contribution in [3.05, 3.63) is 0 Å². The third-order valence-electron chi connectivity index (χ3n) is 4.40. The summed E-state index contributed by atoms with van der Waals surface area (Å²) in [5.41, 5.74) is -0.295. The number of amides is 4. The number of rotatable bonds is 17. The fraction of sp³-hybridized carbons (Fsp3) is 0.750. The van der Waals surface area contributed by atoms with Crippen molar-refractivity contribution in [2.75, 3.05) is 17.4 Å². The lowest BCUT2D eigenvalue weighted by Crippen LogP contribution is -2.54. The van der Waals surface area contributed by atoms with E-state index in [9.17, 15) is 24.0 Å². The number of hydrogen-bond acceptors (Lipinski definition) is 7. The van der Waals surface area contributed by atoms with Crippen molar-refractivity contribution in [1.82, 2.24) is 21.3 Å². The van der Waals surface area contributed by atoms with Crippen LogP contribution in [0.15, 0.2) is 0 Å². The molecule has 3 atom stereocenters. The average Bonchev–Trinajstić information content (AvgIpc) is 2.73. The summed E-state index contributed by atoms with van der Waals surface area (Å²) in [6, 6.07) is -2.42. The molecule has 0 fully saturated rings. The normalized spacial score (nSPS) is 13.4. The standard InChI is InChI=1S/C20H35BN4O5S2/c1-13(18(28)22-12-32-11-6-4-5-8-16(21)26)24-20(30)15(3)25-19(29)14(2)23-17(27)9-7-10-31/h13-15,31H,4-12H2,1-3H3,(H,22,28)(H,23,27)(H,24,30)(H,25,29). The van der Waals surface area contributed by atoms with Crippen molar-refractivity contribution < 1.29 is 24.0 Å². The Bertz CT molecular complexity index is 639. The van der Waals surface area contributed by atoms with Crippen LogP contribution < -0.4 is 21.3 Å². The van der Waals surface area contributed by atoms with Gasteiger partial charge in [0, 0.05) is 6.42 Å². The summed E-state index contributed by atoms with van der Waals surface area (Å²) in [4.78, 5) is 58.9. The minimum Gasteiger partial charge on any atom is -0.345 e. The predicted octanol–water partition coefficient (Wildman–Crippen LogP) is 0.273. The molecule has 0 aromatic rings. The lowest BCUT2D eigenvalue weighted by Gasteiger charge is -2.20. The van der Waals surface area contributed by atoms with Gasteiger partial charge in [0.25, 0.3) is 0 Å². The SMILES string of the molecule is [B]C(=O)CCCCCSCNC(=O)C(C)NC(=O)C(C)NC(=O)C(C)NC(=O)CCCS. The average molecular weight is 486 g/mol. The number of nitrogens with one attached hydrogen (secondary N) is 4. The summed E-state index contributed by atoms with van der Waals surface area (Å²) >= 11 is 5.58. The molecule has 4 N–H and O–H groups in total. The van der Waals surface area contributed by atoms with Crippen LogP contribution in [0.25, 0.3) is 0 Å². The molecule has 0 aliphatic carbocycles. The van der Waals surface area contributed by atoms with Gasteiger partial charge in [0.1, 0.15) is 18.1 Å². The van der Waals surface area contributed by atoms with E-state index in [1.165, 1.54) is 13.8 Å². The van der Waals surface area contributed by atoms with Crippen molar-refractivity contribution in [2.24, 2.45) is 0 Å². The Labute approximate surface area is 201 Å². The lowest BCUT2D eigenvalue weighted by atomic mass is 9.97. The topological polar surface area (TPSA) is 133 Å². The number of carbonyl (C=O) groups is 5. The molecular formula is C20H35BN4O5S2. The van der Waals surface area contributed by atoms with Gasteiger partial charge >= 0.3 is 0 Å². The molecule has 0 rings (SSSR count). The van der Waals surface area contributed by atoms with E-state index in [1.54, 1.807) is 18.7 Å². The van der Waals surface area contributed by atoms with E-state index < -0.39 is 29.9 Å². The molecule has 0 spiro atoms. The maximum absolute atomic E-state index is 12.3. The molecule has 0 heterocycles. The number of thioether (sulfide) groups is 1. The first-order chi connectivity index (χ1) is 15.1. The Morgan fingerprint density at radius 3 is 1.91 bits per heavy atom. The van der Waals surface area contributed by atoms with Crippen LogP contribution in [0.1, 0.15) is 59.3 Å². The van der Waals surface area contributed by atoms with E-state index in [4.69, 9.17) is 7.85 Å². The zero-order valence-corrected chi connectivity index (χ0v) is 20.8. The Kier molecular flexibility index (Phi) is 16.9. The molecule has 0 aliphatic heterocycles. The molecule has 12 heteroatoms. The maximum atomic E-state index is 12.3.